The zero-order valence-corrected chi connectivity index (χ0v) is 22.3. The van der Waals surface area contributed by atoms with E-state index in [-0.39, 0.29) is 31.3 Å². The van der Waals surface area contributed by atoms with Crippen molar-refractivity contribution in [3.8, 4) is 11.8 Å². The van der Waals surface area contributed by atoms with Gasteiger partial charge in [-0.25, -0.2) is 0 Å². The average molecular weight is 526 g/mol. The first-order valence-corrected chi connectivity index (χ1v) is 13.2. The van der Waals surface area contributed by atoms with E-state index in [2.05, 4.69) is 28.4 Å². The SMILES string of the molecule is COCCCN1CCOc2ccc(CO[C@H]3CNC[C@@H](OC[C@H](O)COC)C3c3ccc(C#N)cc3)cc21. The molecule has 0 radical (unpaired) electrons. The van der Waals surface area contributed by atoms with Crippen LogP contribution in [0, 0.1) is 11.3 Å². The van der Waals surface area contributed by atoms with Crippen molar-refractivity contribution in [3.63, 3.8) is 0 Å². The van der Waals surface area contributed by atoms with Gasteiger partial charge in [-0.2, -0.15) is 5.26 Å². The van der Waals surface area contributed by atoms with E-state index in [4.69, 9.17) is 23.7 Å². The molecule has 0 bridgehead atoms. The fraction of sp³-hybridized carbons (Fsp3) is 0.552. The van der Waals surface area contributed by atoms with Crippen molar-refractivity contribution < 1.29 is 28.8 Å². The molecule has 2 heterocycles. The average Bonchev–Trinajstić information content (AvgIpc) is 2.95. The Morgan fingerprint density at radius 2 is 1.87 bits per heavy atom. The standard InChI is InChI=1S/C29H39N3O6/c1-34-12-3-10-32-11-13-36-26-9-6-22(14-25(26)32)18-37-27-16-31-17-28(38-20-24(33)19-35-2)29(27)23-7-4-21(15-30)5-8-23/h4-9,14,24,27-29,31,33H,3,10-13,16-20H2,1-2H3/t24-,27+,28-,29?/m1/s1. The summed E-state index contributed by atoms with van der Waals surface area (Å²) >= 11 is 0. The molecule has 9 heteroatoms. The van der Waals surface area contributed by atoms with Crippen molar-refractivity contribution in [2.24, 2.45) is 0 Å². The Morgan fingerprint density at radius 3 is 2.61 bits per heavy atom. The van der Waals surface area contributed by atoms with Gasteiger partial charge in [-0.05, 0) is 41.8 Å². The zero-order valence-electron chi connectivity index (χ0n) is 22.3. The lowest BCUT2D eigenvalue weighted by Crippen LogP contribution is -2.51. The minimum Gasteiger partial charge on any atom is -0.490 e. The van der Waals surface area contributed by atoms with E-state index >= 15 is 0 Å². The van der Waals surface area contributed by atoms with E-state index in [0.717, 1.165) is 48.7 Å². The lowest BCUT2D eigenvalue weighted by molar-refractivity contribution is -0.0856. The Kier molecular flexibility index (Phi) is 10.8. The quantitative estimate of drug-likeness (QED) is 0.382. The fourth-order valence-electron chi connectivity index (χ4n) is 5.11. The van der Waals surface area contributed by atoms with E-state index in [1.54, 1.807) is 14.2 Å². The maximum Gasteiger partial charge on any atom is 0.142 e. The molecule has 2 aliphatic rings. The number of fused-ring (bicyclic) bond motifs is 1. The van der Waals surface area contributed by atoms with Gasteiger partial charge in [0.15, 0.2) is 0 Å². The molecule has 2 aromatic rings. The molecule has 2 aromatic carbocycles. The topological polar surface area (TPSA) is 105 Å². The van der Waals surface area contributed by atoms with Gasteiger partial charge in [-0.15, -0.1) is 0 Å². The van der Waals surface area contributed by atoms with E-state index < -0.39 is 6.10 Å². The Morgan fingerprint density at radius 1 is 1.08 bits per heavy atom. The summed E-state index contributed by atoms with van der Waals surface area (Å²) in [6.07, 6.45) is -0.114. The number of hydrogen-bond donors (Lipinski definition) is 2. The molecule has 206 valence electrons. The van der Waals surface area contributed by atoms with Crippen LogP contribution in [0.4, 0.5) is 5.69 Å². The van der Waals surface area contributed by atoms with Crippen LogP contribution < -0.4 is 15.0 Å². The van der Waals surface area contributed by atoms with Gasteiger partial charge in [0.2, 0.25) is 0 Å². The summed E-state index contributed by atoms with van der Waals surface area (Å²) in [6.45, 7) is 5.30. The van der Waals surface area contributed by atoms with Crippen molar-refractivity contribution in [2.75, 3.05) is 71.7 Å². The lowest BCUT2D eigenvalue weighted by Gasteiger charge is -2.39. The van der Waals surface area contributed by atoms with Gasteiger partial charge in [-0.1, -0.05) is 18.2 Å². The summed E-state index contributed by atoms with van der Waals surface area (Å²) in [6, 6.07) is 16.0. The first-order chi connectivity index (χ1) is 18.6. The van der Waals surface area contributed by atoms with Crippen LogP contribution in [0.15, 0.2) is 42.5 Å². The minimum atomic E-state index is -0.701. The van der Waals surface area contributed by atoms with Crippen LogP contribution in [0.25, 0.3) is 0 Å². The molecule has 0 aliphatic carbocycles. The Balaban J connectivity index is 1.48. The molecule has 2 aliphatic heterocycles. The number of aliphatic hydroxyl groups excluding tert-OH is 1. The Bertz CT molecular complexity index is 1040. The molecule has 0 aromatic heterocycles. The van der Waals surface area contributed by atoms with Gasteiger partial charge in [0.05, 0.1) is 55.9 Å². The van der Waals surface area contributed by atoms with E-state index in [1.807, 2.05) is 30.3 Å². The maximum absolute atomic E-state index is 10.2. The molecule has 1 saturated heterocycles. The number of rotatable bonds is 13. The van der Waals surface area contributed by atoms with E-state index in [0.29, 0.717) is 31.9 Å². The predicted molar refractivity (Wildman–Crippen MR) is 144 cm³/mol. The fourth-order valence-corrected chi connectivity index (χ4v) is 5.11. The number of anilines is 1. The van der Waals surface area contributed by atoms with E-state index in [1.165, 1.54) is 0 Å². The molecule has 0 saturated carbocycles. The predicted octanol–water partition coefficient (Wildman–Crippen LogP) is 2.46. The third-order valence-corrected chi connectivity index (χ3v) is 7.00. The number of methoxy groups -OCH3 is 2. The summed E-state index contributed by atoms with van der Waals surface area (Å²) in [5.74, 6) is 0.834. The second-order valence-electron chi connectivity index (χ2n) is 9.73. The van der Waals surface area contributed by atoms with Crippen molar-refractivity contribution >= 4 is 5.69 Å². The molecule has 2 N–H and O–H groups in total. The Labute approximate surface area is 225 Å². The third-order valence-electron chi connectivity index (χ3n) is 7.00. The van der Waals surface area contributed by atoms with Crippen molar-refractivity contribution in [1.82, 2.24) is 5.32 Å². The first-order valence-electron chi connectivity index (χ1n) is 13.2. The highest BCUT2D eigenvalue weighted by atomic mass is 16.5. The summed E-state index contributed by atoms with van der Waals surface area (Å²) in [4.78, 5) is 2.35. The van der Waals surface area contributed by atoms with Gasteiger partial charge in [-0.3, -0.25) is 0 Å². The van der Waals surface area contributed by atoms with Crippen LogP contribution in [0.2, 0.25) is 0 Å². The number of nitrogens with one attached hydrogen (secondary N) is 1. The zero-order chi connectivity index (χ0) is 26.7. The monoisotopic (exact) mass is 525 g/mol. The molecule has 4 rings (SSSR count). The molecule has 0 amide bonds. The van der Waals surface area contributed by atoms with Crippen LogP contribution in [0.3, 0.4) is 0 Å². The number of hydrogen-bond acceptors (Lipinski definition) is 9. The number of benzene rings is 2. The number of aliphatic hydroxyl groups is 1. The van der Waals surface area contributed by atoms with Gasteiger partial charge in [0.1, 0.15) is 18.5 Å². The number of nitrogens with zero attached hydrogens (tertiary/aromatic N) is 2. The van der Waals surface area contributed by atoms with Crippen molar-refractivity contribution in [1.29, 1.82) is 5.26 Å². The number of piperidine rings is 1. The molecule has 1 fully saturated rings. The molecule has 4 atom stereocenters. The highest BCUT2D eigenvalue weighted by Gasteiger charge is 2.36. The summed E-state index contributed by atoms with van der Waals surface area (Å²) < 4.78 is 28.9. The van der Waals surface area contributed by atoms with Crippen molar-refractivity contribution in [3.05, 3.63) is 59.2 Å². The molecular weight excluding hydrogens is 486 g/mol. The van der Waals surface area contributed by atoms with Gasteiger partial charge >= 0.3 is 0 Å². The van der Waals surface area contributed by atoms with Gasteiger partial charge in [0.25, 0.3) is 0 Å². The maximum atomic E-state index is 10.2. The van der Waals surface area contributed by atoms with E-state index in [9.17, 15) is 10.4 Å². The smallest absolute Gasteiger partial charge is 0.142 e. The Hall–Kier alpha value is -2.71. The molecule has 0 spiro atoms. The molecule has 1 unspecified atom stereocenters. The number of ether oxygens (including phenoxy) is 5. The summed E-state index contributed by atoms with van der Waals surface area (Å²) in [5.41, 5.74) is 3.82. The summed E-state index contributed by atoms with van der Waals surface area (Å²) in [7, 11) is 3.28. The highest BCUT2D eigenvalue weighted by molar-refractivity contribution is 5.61. The van der Waals surface area contributed by atoms with Crippen LogP contribution in [0.1, 0.15) is 29.0 Å². The van der Waals surface area contributed by atoms with Crippen LogP contribution >= 0.6 is 0 Å². The van der Waals surface area contributed by atoms with Crippen LogP contribution in [0.5, 0.6) is 5.75 Å². The molecular formula is C29H39N3O6. The second kappa shape index (κ2) is 14.4. The summed E-state index contributed by atoms with van der Waals surface area (Å²) in [5, 5.41) is 22.8. The molecule has 9 nitrogen and oxygen atoms in total. The minimum absolute atomic E-state index is 0.0646. The highest BCUT2D eigenvalue weighted by Crippen LogP contribution is 2.34. The van der Waals surface area contributed by atoms with Crippen molar-refractivity contribution in [2.45, 2.75) is 37.3 Å². The number of nitriles is 1. The van der Waals surface area contributed by atoms with Crippen LogP contribution in [-0.4, -0.2) is 90.2 Å². The third kappa shape index (κ3) is 7.44. The first kappa shape index (κ1) is 28.3. The lowest BCUT2D eigenvalue weighted by atomic mass is 9.85. The normalized spacial score (nSPS) is 21.8. The van der Waals surface area contributed by atoms with Gasteiger partial charge in [0, 0.05) is 46.4 Å². The largest absolute Gasteiger partial charge is 0.490 e. The van der Waals surface area contributed by atoms with Crippen LogP contribution in [-0.2, 0) is 25.6 Å². The molecule has 38 heavy (non-hydrogen) atoms. The van der Waals surface area contributed by atoms with Gasteiger partial charge < -0.3 is 39.0 Å². The second-order valence-corrected chi connectivity index (χ2v) is 9.73.